The second kappa shape index (κ2) is 57.4. The van der Waals surface area contributed by atoms with Crippen molar-refractivity contribution in [2.45, 2.75) is 297 Å². The molecule has 1 atom stereocenters. The SMILES string of the molecule is CC/C=C\C/C=C\C/C=C\C/C=C\C/C=C\CCCCCCCCCC(=O)OCC(COC(=O)CCCCCCC/C=C\CCCCCC)OC(=O)CCCCCCCCCCCCCCCCC. The number of esters is 3. The van der Waals surface area contributed by atoms with Gasteiger partial charge in [0.2, 0.25) is 0 Å². The van der Waals surface area contributed by atoms with Gasteiger partial charge in [0.1, 0.15) is 13.2 Å². The molecule has 0 aliphatic heterocycles. The Balaban J connectivity index is 4.35. The fraction of sp³-hybridized carbons (Fsp3) is 0.762. The second-order valence-electron chi connectivity index (χ2n) is 19.5. The van der Waals surface area contributed by atoms with Gasteiger partial charge in [-0.15, -0.1) is 0 Å². The van der Waals surface area contributed by atoms with E-state index >= 15 is 0 Å². The number of rotatable bonds is 53. The molecule has 0 saturated heterocycles. The predicted molar refractivity (Wildman–Crippen MR) is 298 cm³/mol. The van der Waals surface area contributed by atoms with Crippen LogP contribution in [-0.2, 0) is 28.6 Å². The largest absolute Gasteiger partial charge is 0.462 e. The Labute approximate surface area is 427 Å². The number of hydrogen-bond acceptors (Lipinski definition) is 6. The monoisotopic (exact) mass is 963 g/mol. The smallest absolute Gasteiger partial charge is 0.306 e. The van der Waals surface area contributed by atoms with Gasteiger partial charge < -0.3 is 14.2 Å². The summed E-state index contributed by atoms with van der Waals surface area (Å²) in [5.74, 6) is -0.889. The number of carbonyl (C=O) groups excluding carboxylic acids is 3. The highest BCUT2D eigenvalue weighted by molar-refractivity contribution is 5.71. The van der Waals surface area contributed by atoms with Crippen LogP contribution in [0.4, 0.5) is 0 Å². The highest BCUT2D eigenvalue weighted by atomic mass is 16.6. The molecule has 0 aromatic heterocycles. The van der Waals surface area contributed by atoms with Gasteiger partial charge in [-0.3, -0.25) is 14.4 Å². The van der Waals surface area contributed by atoms with E-state index in [2.05, 4.69) is 93.7 Å². The predicted octanol–water partition coefficient (Wildman–Crippen LogP) is 19.8. The maximum absolute atomic E-state index is 12.9. The van der Waals surface area contributed by atoms with Gasteiger partial charge >= 0.3 is 17.9 Å². The molecule has 0 heterocycles. The minimum Gasteiger partial charge on any atom is -0.462 e. The van der Waals surface area contributed by atoms with Gasteiger partial charge in [-0.05, 0) is 89.9 Å². The first-order valence-electron chi connectivity index (χ1n) is 29.4. The highest BCUT2D eigenvalue weighted by Gasteiger charge is 2.19. The normalized spacial score (nSPS) is 12.6. The summed E-state index contributed by atoms with van der Waals surface area (Å²) in [4.78, 5) is 38.2. The molecule has 0 aromatic rings. The topological polar surface area (TPSA) is 78.9 Å². The van der Waals surface area contributed by atoms with Crippen LogP contribution < -0.4 is 0 Å². The van der Waals surface area contributed by atoms with Crippen LogP contribution in [0.1, 0.15) is 290 Å². The van der Waals surface area contributed by atoms with Crippen molar-refractivity contribution in [3.8, 4) is 0 Å². The summed E-state index contributed by atoms with van der Waals surface area (Å²) in [5.41, 5.74) is 0. The van der Waals surface area contributed by atoms with E-state index in [1.54, 1.807) is 0 Å². The summed E-state index contributed by atoms with van der Waals surface area (Å²) in [6, 6.07) is 0. The Morgan fingerprint density at radius 2 is 0.565 bits per heavy atom. The Morgan fingerprint density at radius 1 is 0.304 bits per heavy atom. The molecule has 69 heavy (non-hydrogen) atoms. The van der Waals surface area contributed by atoms with Crippen molar-refractivity contribution in [1.82, 2.24) is 0 Å². The third-order valence-electron chi connectivity index (χ3n) is 12.7. The van der Waals surface area contributed by atoms with Crippen molar-refractivity contribution in [1.29, 1.82) is 0 Å². The molecule has 398 valence electrons. The quantitative estimate of drug-likeness (QED) is 0.0262. The first-order chi connectivity index (χ1) is 34.0. The van der Waals surface area contributed by atoms with Crippen molar-refractivity contribution in [2.24, 2.45) is 0 Å². The van der Waals surface area contributed by atoms with Crippen LogP contribution in [0.25, 0.3) is 0 Å². The van der Waals surface area contributed by atoms with E-state index < -0.39 is 6.10 Å². The minimum atomic E-state index is -0.781. The molecule has 0 rings (SSSR count). The summed E-state index contributed by atoms with van der Waals surface area (Å²) in [5, 5.41) is 0. The molecule has 0 aliphatic rings. The zero-order valence-electron chi connectivity index (χ0n) is 45.6. The van der Waals surface area contributed by atoms with Crippen LogP contribution >= 0.6 is 0 Å². The molecule has 0 fully saturated rings. The third-order valence-corrected chi connectivity index (χ3v) is 12.7. The summed E-state index contributed by atoms with van der Waals surface area (Å²) in [7, 11) is 0. The van der Waals surface area contributed by atoms with Crippen molar-refractivity contribution < 1.29 is 28.6 Å². The van der Waals surface area contributed by atoms with E-state index in [0.29, 0.717) is 19.3 Å². The molecule has 0 bridgehead atoms. The molecule has 6 heteroatoms. The highest BCUT2D eigenvalue weighted by Crippen LogP contribution is 2.16. The van der Waals surface area contributed by atoms with Gasteiger partial charge in [-0.2, -0.15) is 0 Å². The van der Waals surface area contributed by atoms with Crippen molar-refractivity contribution in [2.75, 3.05) is 13.2 Å². The van der Waals surface area contributed by atoms with Gasteiger partial charge in [-0.25, -0.2) is 0 Å². The first-order valence-corrected chi connectivity index (χ1v) is 29.4. The number of hydrogen-bond donors (Lipinski definition) is 0. The fourth-order valence-electron chi connectivity index (χ4n) is 8.29. The lowest BCUT2D eigenvalue weighted by atomic mass is 10.0. The molecule has 1 unspecified atom stereocenters. The second-order valence-corrected chi connectivity index (χ2v) is 19.5. The lowest BCUT2D eigenvalue weighted by molar-refractivity contribution is -0.167. The summed E-state index contributed by atoms with van der Waals surface area (Å²) in [6.07, 6.45) is 73.2. The van der Waals surface area contributed by atoms with Crippen LogP contribution in [-0.4, -0.2) is 37.2 Å². The zero-order valence-corrected chi connectivity index (χ0v) is 45.6. The maximum Gasteiger partial charge on any atom is 0.306 e. The van der Waals surface area contributed by atoms with Crippen LogP contribution in [0.2, 0.25) is 0 Å². The molecule has 0 radical (unpaired) electrons. The number of ether oxygens (including phenoxy) is 3. The van der Waals surface area contributed by atoms with Crippen molar-refractivity contribution in [3.05, 3.63) is 72.9 Å². The van der Waals surface area contributed by atoms with Crippen molar-refractivity contribution >= 4 is 17.9 Å². The van der Waals surface area contributed by atoms with Crippen molar-refractivity contribution in [3.63, 3.8) is 0 Å². The molecular weight excluding hydrogens is 853 g/mol. The van der Waals surface area contributed by atoms with E-state index in [0.717, 1.165) is 103 Å². The van der Waals surface area contributed by atoms with E-state index in [1.807, 2.05) is 0 Å². The van der Waals surface area contributed by atoms with Gasteiger partial charge in [0.25, 0.3) is 0 Å². The number of allylic oxidation sites excluding steroid dienone is 12. The van der Waals surface area contributed by atoms with E-state index in [-0.39, 0.29) is 31.1 Å². The summed E-state index contributed by atoms with van der Waals surface area (Å²) >= 11 is 0. The van der Waals surface area contributed by atoms with Gasteiger partial charge in [0, 0.05) is 19.3 Å². The Kier molecular flexibility index (Phi) is 54.8. The van der Waals surface area contributed by atoms with Gasteiger partial charge in [0.05, 0.1) is 0 Å². The average Bonchev–Trinajstić information content (AvgIpc) is 3.35. The summed E-state index contributed by atoms with van der Waals surface area (Å²) in [6.45, 7) is 6.52. The molecule has 6 nitrogen and oxygen atoms in total. The van der Waals surface area contributed by atoms with Crippen LogP contribution in [0, 0.1) is 0 Å². The first kappa shape index (κ1) is 65.8. The Hall–Kier alpha value is -3.15. The molecule has 0 N–H and O–H groups in total. The van der Waals surface area contributed by atoms with E-state index in [1.165, 1.54) is 148 Å². The lowest BCUT2D eigenvalue weighted by Gasteiger charge is -2.18. The van der Waals surface area contributed by atoms with E-state index in [9.17, 15) is 14.4 Å². The van der Waals surface area contributed by atoms with Gasteiger partial charge in [0.15, 0.2) is 6.10 Å². The standard InChI is InChI=1S/C63H110O6/c1-4-7-10-13-16-19-22-25-27-28-29-30-31-32-33-34-36-38-41-44-47-50-53-56-62(65)68-59-60(58-67-61(64)55-52-49-46-43-40-37-24-21-18-15-12-9-6-3)69-63(66)57-54-51-48-45-42-39-35-26-23-20-17-14-11-8-5-2/h7,10,16,19,21,24-25,27,29-30,32-33,60H,4-6,8-9,11-15,17-18,20,22-23,26,28,31,34-59H2,1-3H3/b10-7-,19-16-,24-21-,27-25-,30-29-,33-32-. The molecule has 0 amide bonds. The third kappa shape index (κ3) is 55.6. The molecule has 0 aromatic carbocycles. The Bertz CT molecular complexity index is 1290. The number of unbranched alkanes of at least 4 members (excludes halogenated alkanes) is 30. The zero-order chi connectivity index (χ0) is 50.0. The number of carbonyl (C=O) groups is 3. The minimum absolute atomic E-state index is 0.0808. The van der Waals surface area contributed by atoms with Crippen LogP contribution in [0.3, 0.4) is 0 Å². The molecule has 0 spiro atoms. The molecular formula is C63H110O6. The Morgan fingerprint density at radius 3 is 0.913 bits per heavy atom. The average molecular weight is 964 g/mol. The fourth-order valence-corrected chi connectivity index (χ4v) is 8.29. The van der Waals surface area contributed by atoms with E-state index in [4.69, 9.17) is 14.2 Å². The molecule has 0 saturated carbocycles. The lowest BCUT2D eigenvalue weighted by Crippen LogP contribution is -2.30. The summed E-state index contributed by atoms with van der Waals surface area (Å²) < 4.78 is 16.9. The maximum atomic E-state index is 12.9. The van der Waals surface area contributed by atoms with Crippen LogP contribution in [0.5, 0.6) is 0 Å². The van der Waals surface area contributed by atoms with Crippen LogP contribution in [0.15, 0.2) is 72.9 Å². The molecule has 0 aliphatic carbocycles. The van der Waals surface area contributed by atoms with Gasteiger partial charge in [-0.1, -0.05) is 254 Å².